The molecule has 0 saturated heterocycles. The fourth-order valence-electron chi connectivity index (χ4n) is 1.91. The van der Waals surface area contributed by atoms with E-state index in [4.69, 9.17) is 4.42 Å². The van der Waals surface area contributed by atoms with E-state index in [9.17, 15) is 9.90 Å². The Balaban J connectivity index is 0.00000162. The molecule has 98 valence electrons. The highest BCUT2D eigenvalue weighted by molar-refractivity contribution is 5.81. The van der Waals surface area contributed by atoms with Crippen molar-refractivity contribution in [2.24, 2.45) is 0 Å². The molecule has 0 fully saturated rings. The van der Waals surface area contributed by atoms with Gasteiger partial charge < -0.3 is 26.8 Å². The van der Waals surface area contributed by atoms with Crippen LogP contribution in [0.3, 0.4) is 0 Å². The first kappa shape index (κ1) is 14.5. The van der Waals surface area contributed by atoms with Gasteiger partial charge >= 0.3 is 0 Å². The fourth-order valence-corrected chi connectivity index (χ4v) is 1.91. The van der Waals surface area contributed by atoms with Crippen molar-refractivity contribution in [1.82, 2.24) is 0 Å². The van der Waals surface area contributed by atoms with Crippen molar-refractivity contribution >= 4 is 11.0 Å². The van der Waals surface area contributed by atoms with Gasteiger partial charge in [-0.05, 0) is 19.1 Å². The second-order valence-corrected chi connectivity index (χ2v) is 4.55. The highest BCUT2D eigenvalue weighted by Crippen LogP contribution is 2.25. The van der Waals surface area contributed by atoms with E-state index in [1.807, 2.05) is 14.1 Å². The number of quaternary nitrogens is 1. The number of fused-ring (bicyclic) bond motifs is 1. The molecule has 18 heavy (non-hydrogen) atoms. The lowest BCUT2D eigenvalue weighted by atomic mass is 10.1. The average Bonchev–Trinajstić information content (AvgIpc) is 2.21. The maximum absolute atomic E-state index is 11.8. The molecule has 1 aromatic carbocycles. The lowest BCUT2D eigenvalue weighted by Gasteiger charge is -2.11. The van der Waals surface area contributed by atoms with E-state index in [0.29, 0.717) is 28.8 Å². The molecule has 0 aliphatic rings. The summed E-state index contributed by atoms with van der Waals surface area (Å²) in [4.78, 5) is 13.0. The zero-order valence-electron chi connectivity index (χ0n) is 10.6. The van der Waals surface area contributed by atoms with E-state index in [1.165, 1.54) is 6.07 Å². The second kappa shape index (κ2) is 5.42. The number of aryl methyl sites for hydroxylation is 1. The molecular weight excluding hydrogens is 254 g/mol. The number of phenolic OH excluding ortho intramolecular Hbond substituents is 1. The predicted octanol–water partition coefficient (Wildman–Crippen LogP) is -2.54. The first-order valence-electron chi connectivity index (χ1n) is 5.53. The Bertz CT molecular complexity index is 619. The maximum Gasteiger partial charge on any atom is 0.192 e. The molecule has 0 unspecified atom stereocenters. The fraction of sp³-hybridized carbons (Fsp3) is 0.308. The summed E-state index contributed by atoms with van der Waals surface area (Å²) < 4.78 is 5.58. The Labute approximate surface area is 111 Å². The van der Waals surface area contributed by atoms with Gasteiger partial charge in [0.2, 0.25) is 0 Å². The monoisotopic (exact) mass is 269 g/mol. The number of nitrogens with one attached hydrogen (secondary N) is 1. The Kier molecular flexibility index (Phi) is 4.38. The molecule has 2 aromatic rings. The number of benzene rings is 1. The van der Waals surface area contributed by atoms with Crippen LogP contribution in [0.2, 0.25) is 0 Å². The minimum Gasteiger partial charge on any atom is -1.00 e. The van der Waals surface area contributed by atoms with Crippen LogP contribution >= 0.6 is 0 Å². The zero-order chi connectivity index (χ0) is 12.6. The standard InChI is InChI=1S/C13H15NO3.ClH/c1-8-6-12(16)9-4-5-11(15)10(7-14(2)3)13(9)17-8;/h4-6,15H,7H2,1-3H3;1H. The Morgan fingerprint density at radius 2 is 2.00 bits per heavy atom. The van der Waals surface area contributed by atoms with Crippen molar-refractivity contribution in [3.8, 4) is 5.75 Å². The van der Waals surface area contributed by atoms with Gasteiger partial charge in [0.25, 0.3) is 0 Å². The minimum atomic E-state index is -0.0706. The molecule has 5 heteroatoms. The first-order valence-corrected chi connectivity index (χ1v) is 5.53. The Morgan fingerprint density at radius 3 is 2.61 bits per heavy atom. The van der Waals surface area contributed by atoms with Crippen molar-refractivity contribution in [3.63, 3.8) is 0 Å². The van der Waals surface area contributed by atoms with Gasteiger partial charge in [-0.2, -0.15) is 0 Å². The van der Waals surface area contributed by atoms with E-state index < -0.39 is 0 Å². The van der Waals surface area contributed by atoms with Gasteiger partial charge in [-0.1, -0.05) is 0 Å². The van der Waals surface area contributed by atoms with Gasteiger partial charge in [0.1, 0.15) is 18.1 Å². The summed E-state index contributed by atoms with van der Waals surface area (Å²) in [6, 6.07) is 4.61. The largest absolute Gasteiger partial charge is 1.00 e. The van der Waals surface area contributed by atoms with E-state index >= 15 is 0 Å². The highest BCUT2D eigenvalue weighted by atomic mass is 35.5. The van der Waals surface area contributed by atoms with E-state index in [2.05, 4.69) is 0 Å². The number of rotatable bonds is 2. The van der Waals surface area contributed by atoms with Crippen LogP contribution in [0.15, 0.2) is 27.4 Å². The summed E-state index contributed by atoms with van der Waals surface area (Å²) >= 11 is 0. The second-order valence-electron chi connectivity index (χ2n) is 4.55. The van der Waals surface area contributed by atoms with Gasteiger partial charge in [-0.15, -0.1) is 0 Å². The Morgan fingerprint density at radius 1 is 1.33 bits per heavy atom. The molecule has 0 bridgehead atoms. The van der Waals surface area contributed by atoms with E-state index in [-0.39, 0.29) is 23.6 Å². The van der Waals surface area contributed by atoms with Crippen LogP contribution in [-0.4, -0.2) is 19.2 Å². The summed E-state index contributed by atoms with van der Waals surface area (Å²) in [5, 5.41) is 10.4. The molecule has 0 spiro atoms. The van der Waals surface area contributed by atoms with Crippen LogP contribution in [0.25, 0.3) is 11.0 Å². The molecule has 0 amide bonds. The van der Waals surface area contributed by atoms with Crippen molar-refractivity contribution in [3.05, 3.63) is 39.7 Å². The molecule has 0 aliphatic carbocycles. The molecule has 1 aromatic heterocycles. The topological polar surface area (TPSA) is 54.9 Å². The lowest BCUT2D eigenvalue weighted by molar-refractivity contribution is -0.872. The van der Waals surface area contributed by atoms with Gasteiger partial charge in [0.15, 0.2) is 11.0 Å². The molecule has 2 N–H and O–H groups in total. The zero-order valence-corrected chi connectivity index (χ0v) is 11.3. The molecule has 2 rings (SSSR count). The van der Waals surface area contributed by atoms with Gasteiger partial charge in [0, 0.05) is 6.07 Å². The lowest BCUT2D eigenvalue weighted by Crippen LogP contribution is -3.04. The third kappa shape index (κ3) is 2.66. The summed E-state index contributed by atoms with van der Waals surface area (Å²) in [7, 11) is 3.96. The normalized spacial score (nSPS) is 10.7. The van der Waals surface area contributed by atoms with Crippen molar-refractivity contribution in [2.45, 2.75) is 13.5 Å². The first-order chi connectivity index (χ1) is 7.99. The minimum absolute atomic E-state index is 0. The quantitative estimate of drug-likeness (QED) is 0.632. The van der Waals surface area contributed by atoms with Gasteiger partial charge in [-0.25, -0.2) is 0 Å². The van der Waals surface area contributed by atoms with Crippen LogP contribution in [0.1, 0.15) is 11.3 Å². The number of aromatic hydroxyl groups is 1. The molecule has 0 radical (unpaired) electrons. The van der Waals surface area contributed by atoms with Crippen molar-refractivity contribution < 1.29 is 26.8 Å². The summed E-state index contributed by atoms with van der Waals surface area (Å²) in [6.45, 7) is 2.34. The van der Waals surface area contributed by atoms with Crippen LogP contribution < -0.4 is 22.7 Å². The molecule has 0 aliphatic heterocycles. The van der Waals surface area contributed by atoms with Gasteiger partial charge in [0.05, 0.1) is 25.0 Å². The number of halogens is 1. The molecular formula is C13H16ClNO3. The number of phenols is 1. The molecule has 1 heterocycles. The van der Waals surface area contributed by atoms with E-state index in [1.54, 1.807) is 19.1 Å². The number of hydrogen-bond donors (Lipinski definition) is 2. The van der Waals surface area contributed by atoms with Crippen LogP contribution in [0.5, 0.6) is 5.75 Å². The SMILES string of the molecule is Cc1cc(=O)c2ccc(O)c(C[NH+](C)C)c2o1.[Cl-]. The third-order valence-corrected chi connectivity index (χ3v) is 2.63. The van der Waals surface area contributed by atoms with Gasteiger partial charge in [-0.3, -0.25) is 4.79 Å². The van der Waals surface area contributed by atoms with Crippen LogP contribution in [0, 0.1) is 6.92 Å². The van der Waals surface area contributed by atoms with Crippen LogP contribution in [-0.2, 0) is 6.54 Å². The van der Waals surface area contributed by atoms with Crippen molar-refractivity contribution in [2.75, 3.05) is 14.1 Å². The predicted molar refractivity (Wildman–Crippen MR) is 65.4 cm³/mol. The Hall–Kier alpha value is -1.52. The van der Waals surface area contributed by atoms with Crippen LogP contribution in [0.4, 0.5) is 0 Å². The highest BCUT2D eigenvalue weighted by Gasteiger charge is 2.14. The molecule has 0 saturated carbocycles. The average molecular weight is 270 g/mol. The van der Waals surface area contributed by atoms with E-state index in [0.717, 1.165) is 4.90 Å². The molecule has 4 nitrogen and oxygen atoms in total. The third-order valence-electron chi connectivity index (χ3n) is 2.63. The number of hydrogen-bond acceptors (Lipinski definition) is 3. The molecule has 0 atom stereocenters. The smallest absolute Gasteiger partial charge is 0.192 e. The summed E-state index contributed by atoms with van der Waals surface area (Å²) in [5.74, 6) is 0.732. The summed E-state index contributed by atoms with van der Waals surface area (Å²) in [5.41, 5.74) is 1.11. The van der Waals surface area contributed by atoms with Crippen molar-refractivity contribution in [1.29, 1.82) is 0 Å². The maximum atomic E-state index is 11.8. The summed E-state index contributed by atoms with van der Waals surface area (Å²) in [6.07, 6.45) is 0.